The fourth-order valence-electron chi connectivity index (χ4n) is 7.10. The van der Waals surface area contributed by atoms with Crippen molar-refractivity contribution >= 4 is 55.7 Å². The number of aromatic nitrogens is 1. The van der Waals surface area contributed by atoms with Gasteiger partial charge in [0.15, 0.2) is 11.4 Å². The van der Waals surface area contributed by atoms with Gasteiger partial charge in [0.25, 0.3) is 5.91 Å². The van der Waals surface area contributed by atoms with E-state index in [1.165, 1.54) is 72.9 Å². The third-order valence-electron chi connectivity index (χ3n) is 9.97. The molecule has 1 aliphatic rings. The van der Waals surface area contributed by atoms with Crippen LogP contribution in [0.1, 0.15) is 24.2 Å². The van der Waals surface area contributed by atoms with E-state index >= 15 is 0 Å². The van der Waals surface area contributed by atoms with Gasteiger partial charge in [-0.2, -0.15) is 0 Å². The summed E-state index contributed by atoms with van der Waals surface area (Å²) >= 11 is 0. The van der Waals surface area contributed by atoms with Crippen LogP contribution >= 0.6 is 0 Å². The van der Waals surface area contributed by atoms with Gasteiger partial charge in [0.1, 0.15) is 34.5 Å². The second kappa shape index (κ2) is 15.5. The molecule has 302 valence electrons. The second-order valence-electron chi connectivity index (χ2n) is 14.1. The van der Waals surface area contributed by atoms with Gasteiger partial charge in [0, 0.05) is 42.7 Å². The molecule has 2 N–H and O–H groups in total. The van der Waals surface area contributed by atoms with E-state index in [9.17, 15) is 31.6 Å². The van der Waals surface area contributed by atoms with Crippen LogP contribution in [-0.4, -0.2) is 88.9 Å². The van der Waals surface area contributed by atoms with Crippen LogP contribution in [-0.2, 0) is 19.6 Å². The molecule has 6 aromatic rings. The minimum Gasteiger partial charge on any atom is -0.496 e. The zero-order valence-electron chi connectivity index (χ0n) is 32.3. The number of hydrogen-bond donors (Lipinski definition) is 2. The summed E-state index contributed by atoms with van der Waals surface area (Å²) in [5, 5.41) is 5.50. The lowest BCUT2D eigenvalue weighted by Crippen LogP contribution is -2.66. The van der Waals surface area contributed by atoms with Gasteiger partial charge in [-0.1, -0.05) is 26.0 Å². The minimum atomic E-state index is -4.12. The van der Waals surface area contributed by atoms with E-state index in [0.29, 0.717) is 33.4 Å². The van der Waals surface area contributed by atoms with Crippen molar-refractivity contribution in [2.24, 2.45) is 5.92 Å². The number of methoxy groups -OCH3 is 2. The molecule has 0 bridgehead atoms. The standard InChI is InChI=1S/C41H39F2N5O9S/c1-21(2)35(46-41(51)55-5)40(50)47-19-25(20-47)48(58(6,52)53)30-18-33-27(34(38(49)44-3)37(56-33)22-10-13-24(42)14-11-22)17-26(30)23-12-15-31(54-4)28(16-23)39-45-36-29(43)8-7-9-32(36)57-39/h7-18,21,25,35H,19-20H2,1-6H3,(H,44,49)(H,46,51). The molecule has 3 amide bonds. The molecule has 1 atom stereocenters. The Morgan fingerprint density at radius 2 is 1.64 bits per heavy atom. The molecular formula is C41H39F2N5O9S. The van der Waals surface area contributed by atoms with E-state index in [0.717, 1.165) is 6.26 Å². The number of rotatable bonds is 11. The van der Waals surface area contributed by atoms with E-state index in [-0.39, 0.29) is 58.6 Å². The van der Waals surface area contributed by atoms with Crippen molar-refractivity contribution in [1.29, 1.82) is 0 Å². The van der Waals surface area contributed by atoms with Gasteiger partial charge < -0.3 is 33.8 Å². The predicted octanol–water partition coefficient (Wildman–Crippen LogP) is 6.58. The highest BCUT2D eigenvalue weighted by molar-refractivity contribution is 7.92. The molecule has 0 aliphatic carbocycles. The minimum absolute atomic E-state index is 0.00262. The summed E-state index contributed by atoms with van der Waals surface area (Å²) in [5.41, 5.74) is 2.04. The van der Waals surface area contributed by atoms with E-state index in [2.05, 4.69) is 15.6 Å². The van der Waals surface area contributed by atoms with E-state index in [1.54, 1.807) is 44.2 Å². The quantitative estimate of drug-likeness (QED) is 0.146. The maximum Gasteiger partial charge on any atom is 0.407 e. The number of halogens is 2. The number of hydrogen-bond acceptors (Lipinski definition) is 10. The Kier molecular flexibility index (Phi) is 10.6. The lowest BCUT2D eigenvalue weighted by molar-refractivity contribution is -0.138. The molecule has 14 nitrogen and oxygen atoms in total. The number of benzene rings is 4. The summed E-state index contributed by atoms with van der Waals surface area (Å²) in [7, 11) is -0.0416. The largest absolute Gasteiger partial charge is 0.496 e. The molecule has 17 heteroatoms. The van der Waals surface area contributed by atoms with E-state index < -0.39 is 51.6 Å². The van der Waals surface area contributed by atoms with Crippen molar-refractivity contribution in [3.05, 3.63) is 90.0 Å². The zero-order chi connectivity index (χ0) is 41.6. The summed E-state index contributed by atoms with van der Waals surface area (Å²) in [6.07, 6.45) is 0.256. The molecule has 1 saturated heterocycles. The molecule has 0 radical (unpaired) electrons. The van der Waals surface area contributed by atoms with Crippen molar-refractivity contribution in [3.63, 3.8) is 0 Å². The van der Waals surface area contributed by atoms with Crippen molar-refractivity contribution in [2.45, 2.75) is 25.9 Å². The first-order valence-electron chi connectivity index (χ1n) is 18.1. The number of likely N-dealkylation sites (tertiary alicyclic amines) is 1. The average molecular weight is 816 g/mol. The number of sulfonamides is 1. The summed E-state index contributed by atoms with van der Waals surface area (Å²) in [6.45, 7) is 3.47. The Balaban J connectivity index is 1.42. The Morgan fingerprint density at radius 1 is 0.931 bits per heavy atom. The Labute approximate surface area is 331 Å². The highest BCUT2D eigenvalue weighted by Crippen LogP contribution is 2.45. The number of carbonyl (C=O) groups is 3. The Bertz CT molecular complexity index is 2690. The number of anilines is 1. The van der Waals surface area contributed by atoms with Gasteiger partial charge in [-0.05, 0) is 66.1 Å². The van der Waals surface area contributed by atoms with Crippen molar-refractivity contribution in [3.8, 4) is 39.7 Å². The number of oxazole rings is 1. The maximum absolute atomic E-state index is 14.7. The molecule has 3 heterocycles. The zero-order valence-corrected chi connectivity index (χ0v) is 33.1. The summed E-state index contributed by atoms with van der Waals surface area (Å²) in [4.78, 5) is 45.1. The fourth-order valence-corrected chi connectivity index (χ4v) is 8.28. The average Bonchev–Trinajstić information content (AvgIpc) is 3.79. The molecular weight excluding hydrogens is 777 g/mol. The third-order valence-corrected chi connectivity index (χ3v) is 11.2. The van der Waals surface area contributed by atoms with Crippen LogP contribution in [0.15, 0.2) is 81.6 Å². The van der Waals surface area contributed by atoms with Crippen LogP contribution in [0.4, 0.5) is 19.3 Å². The van der Waals surface area contributed by atoms with Crippen molar-refractivity contribution in [1.82, 2.24) is 20.5 Å². The van der Waals surface area contributed by atoms with E-state index in [1.807, 2.05) is 0 Å². The lowest BCUT2D eigenvalue weighted by atomic mass is 9.95. The number of amides is 3. The molecule has 0 saturated carbocycles. The first kappa shape index (κ1) is 39.7. The Hall–Kier alpha value is -6.49. The van der Waals surface area contributed by atoms with Crippen LogP contribution in [0.2, 0.25) is 0 Å². The third kappa shape index (κ3) is 7.28. The van der Waals surface area contributed by atoms with Crippen LogP contribution in [0, 0.1) is 17.6 Å². The number of ether oxygens (including phenoxy) is 2. The molecule has 58 heavy (non-hydrogen) atoms. The number of alkyl carbamates (subject to hydrolysis) is 1. The fraction of sp³-hybridized carbons (Fsp3) is 0.268. The maximum atomic E-state index is 14.7. The molecule has 1 unspecified atom stereocenters. The normalized spacial score (nSPS) is 13.7. The number of para-hydroxylation sites is 1. The molecule has 4 aromatic carbocycles. The van der Waals surface area contributed by atoms with Crippen LogP contribution in [0.5, 0.6) is 5.75 Å². The Morgan fingerprint density at radius 3 is 2.26 bits per heavy atom. The van der Waals surface area contributed by atoms with Gasteiger partial charge in [-0.3, -0.25) is 13.9 Å². The molecule has 1 fully saturated rings. The number of fused-ring (bicyclic) bond motifs is 2. The van der Waals surface area contributed by atoms with Crippen molar-refractivity contribution < 1.29 is 49.9 Å². The summed E-state index contributed by atoms with van der Waals surface area (Å²) in [6, 6.07) is 16.1. The number of furan rings is 1. The SMILES string of the molecule is CNC(=O)c1c(-c2ccc(F)cc2)oc2cc(N(C3CN(C(=O)C(NC(=O)OC)C(C)C)C3)S(C)(=O)=O)c(-c3ccc(OC)c(-c4nc5c(F)cccc5o4)c3)cc12. The van der Waals surface area contributed by atoms with Gasteiger partial charge in [-0.25, -0.2) is 27.0 Å². The highest BCUT2D eigenvalue weighted by atomic mass is 32.2. The second-order valence-corrected chi connectivity index (χ2v) is 16.0. The van der Waals surface area contributed by atoms with Gasteiger partial charge in [0.2, 0.25) is 21.8 Å². The first-order valence-corrected chi connectivity index (χ1v) is 19.9. The van der Waals surface area contributed by atoms with Gasteiger partial charge >= 0.3 is 6.09 Å². The van der Waals surface area contributed by atoms with Crippen molar-refractivity contribution in [2.75, 3.05) is 44.9 Å². The molecule has 2 aromatic heterocycles. The van der Waals surface area contributed by atoms with Gasteiger partial charge in [0.05, 0.1) is 43.3 Å². The molecule has 7 rings (SSSR count). The van der Waals surface area contributed by atoms with E-state index in [4.69, 9.17) is 18.3 Å². The van der Waals surface area contributed by atoms with Gasteiger partial charge in [-0.15, -0.1) is 0 Å². The number of nitrogens with zero attached hydrogens (tertiary/aromatic N) is 3. The smallest absolute Gasteiger partial charge is 0.407 e. The highest BCUT2D eigenvalue weighted by Gasteiger charge is 2.43. The molecule has 1 aliphatic heterocycles. The first-order chi connectivity index (χ1) is 27.6. The summed E-state index contributed by atoms with van der Waals surface area (Å²) < 4.78 is 80.4. The van der Waals surface area contributed by atoms with Crippen LogP contribution in [0.3, 0.4) is 0 Å². The lowest BCUT2D eigenvalue weighted by Gasteiger charge is -2.46. The molecule has 0 spiro atoms. The monoisotopic (exact) mass is 815 g/mol. The number of nitrogens with one attached hydrogen (secondary N) is 2. The van der Waals surface area contributed by atoms with Crippen LogP contribution in [0.25, 0.3) is 56.0 Å². The number of carbonyl (C=O) groups excluding carboxylic acids is 3. The predicted molar refractivity (Wildman–Crippen MR) is 212 cm³/mol. The topological polar surface area (TPSA) is 174 Å². The van der Waals surface area contributed by atoms with Crippen LogP contribution < -0.4 is 19.7 Å². The summed E-state index contributed by atoms with van der Waals surface area (Å²) in [5.74, 6) is -1.87.